The zero-order valence-corrected chi connectivity index (χ0v) is 11.2. The van der Waals surface area contributed by atoms with E-state index in [-0.39, 0.29) is 0 Å². The first-order chi connectivity index (χ1) is 8.70. The molecule has 0 bridgehead atoms. The smallest absolute Gasteiger partial charge is 0.0597 e. The van der Waals surface area contributed by atoms with Crippen molar-refractivity contribution in [3.05, 3.63) is 47.5 Å². The van der Waals surface area contributed by atoms with Crippen molar-refractivity contribution in [2.75, 3.05) is 0 Å². The molecule has 2 aromatic heterocycles. The van der Waals surface area contributed by atoms with Crippen LogP contribution in [-0.4, -0.2) is 14.8 Å². The quantitative estimate of drug-likeness (QED) is 0.878. The van der Waals surface area contributed by atoms with E-state index in [1.165, 1.54) is 11.3 Å². The number of aryl methyl sites for hydroxylation is 2. The summed E-state index contributed by atoms with van der Waals surface area (Å²) >= 11 is 0. The molecule has 4 nitrogen and oxygen atoms in total. The lowest BCUT2D eigenvalue weighted by Gasteiger charge is -2.14. The number of nitrogens with zero attached hydrogens (tertiary/aromatic N) is 3. The summed E-state index contributed by atoms with van der Waals surface area (Å²) in [6.45, 7) is 8.02. The number of hydrogen-bond donors (Lipinski definition) is 1. The van der Waals surface area contributed by atoms with Crippen LogP contribution in [0.2, 0.25) is 0 Å². The molecule has 0 aliphatic carbocycles. The molecule has 4 heteroatoms. The standard InChI is InChI=1S/C14H20N4/c1-4-18-14(8-11(2)17-18)10-16-12(3)13-6-5-7-15-9-13/h5-9,12,16H,4,10H2,1-3H3. The molecule has 96 valence electrons. The molecule has 0 aromatic carbocycles. The largest absolute Gasteiger partial charge is 0.305 e. The van der Waals surface area contributed by atoms with E-state index in [1.54, 1.807) is 6.20 Å². The van der Waals surface area contributed by atoms with Crippen LogP contribution in [0.1, 0.15) is 36.8 Å². The molecule has 0 saturated carbocycles. The normalized spacial score (nSPS) is 12.6. The van der Waals surface area contributed by atoms with E-state index < -0.39 is 0 Å². The molecule has 1 unspecified atom stereocenters. The molecular formula is C14H20N4. The van der Waals surface area contributed by atoms with Crippen LogP contribution < -0.4 is 5.32 Å². The zero-order valence-electron chi connectivity index (χ0n) is 11.2. The van der Waals surface area contributed by atoms with Crippen LogP contribution in [0.15, 0.2) is 30.6 Å². The van der Waals surface area contributed by atoms with Gasteiger partial charge in [0, 0.05) is 31.5 Å². The minimum Gasteiger partial charge on any atom is -0.305 e. The van der Waals surface area contributed by atoms with E-state index in [1.807, 2.05) is 23.9 Å². The number of nitrogens with one attached hydrogen (secondary N) is 1. The van der Waals surface area contributed by atoms with Gasteiger partial charge >= 0.3 is 0 Å². The van der Waals surface area contributed by atoms with Crippen molar-refractivity contribution in [3.8, 4) is 0 Å². The van der Waals surface area contributed by atoms with Gasteiger partial charge in [-0.05, 0) is 38.5 Å². The fourth-order valence-electron chi connectivity index (χ4n) is 2.02. The Balaban J connectivity index is 1.99. The minimum atomic E-state index is 0.291. The molecular weight excluding hydrogens is 224 g/mol. The van der Waals surface area contributed by atoms with Crippen LogP contribution in [0.4, 0.5) is 0 Å². The average Bonchev–Trinajstić information content (AvgIpc) is 2.77. The second-order valence-electron chi connectivity index (χ2n) is 4.48. The van der Waals surface area contributed by atoms with Crippen molar-refractivity contribution in [1.82, 2.24) is 20.1 Å². The highest BCUT2D eigenvalue weighted by molar-refractivity contribution is 5.14. The number of hydrogen-bond acceptors (Lipinski definition) is 3. The second kappa shape index (κ2) is 5.78. The molecule has 1 atom stereocenters. The predicted octanol–water partition coefficient (Wildman–Crippen LogP) is 2.46. The summed E-state index contributed by atoms with van der Waals surface area (Å²) in [4.78, 5) is 4.14. The van der Waals surface area contributed by atoms with Gasteiger partial charge < -0.3 is 5.32 Å². The van der Waals surface area contributed by atoms with Crippen molar-refractivity contribution >= 4 is 0 Å². The molecule has 0 spiro atoms. The minimum absolute atomic E-state index is 0.291. The Morgan fingerprint density at radius 1 is 1.44 bits per heavy atom. The molecule has 2 aromatic rings. The van der Waals surface area contributed by atoms with Crippen LogP contribution >= 0.6 is 0 Å². The van der Waals surface area contributed by atoms with Gasteiger partial charge in [0.15, 0.2) is 0 Å². The molecule has 18 heavy (non-hydrogen) atoms. The Bertz CT molecular complexity index is 490. The summed E-state index contributed by atoms with van der Waals surface area (Å²) in [7, 11) is 0. The highest BCUT2D eigenvalue weighted by Crippen LogP contribution is 2.11. The second-order valence-corrected chi connectivity index (χ2v) is 4.48. The van der Waals surface area contributed by atoms with Crippen LogP contribution in [0.5, 0.6) is 0 Å². The summed E-state index contributed by atoms with van der Waals surface area (Å²) in [5.41, 5.74) is 3.50. The highest BCUT2D eigenvalue weighted by atomic mass is 15.3. The summed E-state index contributed by atoms with van der Waals surface area (Å²) in [5.74, 6) is 0. The zero-order chi connectivity index (χ0) is 13.0. The average molecular weight is 244 g/mol. The van der Waals surface area contributed by atoms with E-state index in [4.69, 9.17) is 0 Å². The fourth-order valence-corrected chi connectivity index (χ4v) is 2.02. The monoisotopic (exact) mass is 244 g/mol. The molecule has 2 heterocycles. The van der Waals surface area contributed by atoms with Crippen LogP contribution in [0.25, 0.3) is 0 Å². The maximum absolute atomic E-state index is 4.44. The van der Waals surface area contributed by atoms with Gasteiger partial charge in [-0.1, -0.05) is 6.07 Å². The molecule has 0 amide bonds. The topological polar surface area (TPSA) is 42.7 Å². The first kappa shape index (κ1) is 12.8. The van der Waals surface area contributed by atoms with Gasteiger partial charge in [-0.25, -0.2) is 0 Å². The third kappa shape index (κ3) is 2.96. The lowest BCUT2D eigenvalue weighted by atomic mass is 10.1. The third-order valence-corrected chi connectivity index (χ3v) is 3.06. The number of rotatable bonds is 5. The van der Waals surface area contributed by atoms with Gasteiger partial charge in [0.1, 0.15) is 0 Å². The molecule has 0 saturated heterocycles. The predicted molar refractivity (Wildman–Crippen MR) is 72.1 cm³/mol. The van der Waals surface area contributed by atoms with E-state index >= 15 is 0 Å². The Morgan fingerprint density at radius 3 is 2.94 bits per heavy atom. The van der Waals surface area contributed by atoms with E-state index in [2.05, 4.69) is 41.4 Å². The van der Waals surface area contributed by atoms with Crippen molar-refractivity contribution in [3.63, 3.8) is 0 Å². The van der Waals surface area contributed by atoms with Gasteiger partial charge in [-0.15, -0.1) is 0 Å². The molecule has 1 N–H and O–H groups in total. The highest BCUT2D eigenvalue weighted by Gasteiger charge is 2.07. The van der Waals surface area contributed by atoms with E-state index in [0.29, 0.717) is 6.04 Å². The SMILES string of the molecule is CCn1nc(C)cc1CNC(C)c1cccnc1. The molecule has 0 fully saturated rings. The van der Waals surface area contributed by atoms with Crippen LogP contribution in [0.3, 0.4) is 0 Å². The van der Waals surface area contributed by atoms with Crippen molar-refractivity contribution < 1.29 is 0 Å². The van der Waals surface area contributed by atoms with E-state index in [0.717, 1.165) is 18.8 Å². The van der Waals surface area contributed by atoms with Crippen LogP contribution in [-0.2, 0) is 13.1 Å². The summed E-state index contributed by atoms with van der Waals surface area (Å²) < 4.78 is 2.04. The first-order valence-corrected chi connectivity index (χ1v) is 6.37. The molecule has 0 aliphatic heterocycles. The summed E-state index contributed by atoms with van der Waals surface area (Å²) in [5, 5.41) is 7.95. The van der Waals surface area contributed by atoms with Gasteiger partial charge in [0.2, 0.25) is 0 Å². The van der Waals surface area contributed by atoms with Gasteiger partial charge in [-0.2, -0.15) is 5.10 Å². The Kier molecular flexibility index (Phi) is 4.10. The van der Waals surface area contributed by atoms with Gasteiger partial charge in [0.05, 0.1) is 11.4 Å². The third-order valence-electron chi connectivity index (χ3n) is 3.06. The molecule has 0 aliphatic rings. The van der Waals surface area contributed by atoms with Crippen molar-refractivity contribution in [2.24, 2.45) is 0 Å². The maximum atomic E-state index is 4.44. The Morgan fingerprint density at radius 2 is 2.28 bits per heavy atom. The lowest BCUT2D eigenvalue weighted by molar-refractivity contribution is 0.530. The summed E-state index contributed by atoms with van der Waals surface area (Å²) in [6.07, 6.45) is 3.70. The van der Waals surface area contributed by atoms with Gasteiger partial charge in [-0.3, -0.25) is 9.67 Å². The fraction of sp³-hybridized carbons (Fsp3) is 0.429. The van der Waals surface area contributed by atoms with Crippen molar-refractivity contribution in [1.29, 1.82) is 0 Å². The maximum Gasteiger partial charge on any atom is 0.0597 e. The lowest BCUT2D eigenvalue weighted by Crippen LogP contribution is -2.20. The summed E-state index contributed by atoms with van der Waals surface area (Å²) in [6, 6.07) is 6.48. The first-order valence-electron chi connectivity index (χ1n) is 6.37. The van der Waals surface area contributed by atoms with Crippen molar-refractivity contribution in [2.45, 2.75) is 39.9 Å². The number of pyridine rings is 1. The molecule has 2 rings (SSSR count). The Hall–Kier alpha value is -1.68. The van der Waals surface area contributed by atoms with Crippen LogP contribution in [0, 0.1) is 6.92 Å². The Labute approximate surface area is 108 Å². The molecule has 0 radical (unpaired) electrons. The van der Waals surface area contributed by atoms with E-state index in [9.17, 15) is 0 Å². The van der Waals surface area contributed by atoms with Gasteiger partial charge in [0.25, 0.3) is 0 Å². The number of aromatic nitrogens is 3.